The quantitative estimate of drug-likeness (QED) is 0.725. The fourth-order valence-corrected chi connectivity index (χ4v) is 4.29. The largest absolute Gasteiger partial charge is 0.367 e. The van der Waals surface area contributed by atoms with E-state index < -0.39 is 0 Å². The van der Waals surface area contributed by atoms with Gasteiger partial charge in [0, 0.05) is 34.8 Å². The third kappa shape index (κ3) is 1.44. The van der Waals surface area contributed by atoms with Gasteiger partial charge in [0.05, 0.1) is 0 Å². The molecule has 1 atom stereocenters. The third-order valence-electron chi connectivity index (χ3n) is 5.09. The van der Waals surface area contributed by atoms with Gasteiger partial charge in [0.25, 0.3) is 0 Å². The second kappa shape index (κ2) is 3.73. The van der Waals surface area contributed by atoms with E-state index >= 15 is 0 Å². The second-order valence-corrected chi connectivity index (χ2v) is 6.98. The number of likely N-dealkylation sites (N-methyl/N-ethyl adjacent to an activating group) is 1. The number of hydrogen-bond donors (Lipinski definition) is 0. The zero-order valence-electron chi connectivity index (χ0n) is 10.8. The van der Waals surface area contributed by atoms with Gasteiger partial charge in [0.1, 0.15) is 0 Å². The number of rotatable bonds is 0. The third-order valence-corrected chi connectivity index (χ3v) is 5.58. The van der Waals surface area contributed by atoms with Crippen LogP contribution >= 0.6 is 15.9 Å². The lowest BCUT2D eigenvalue weighted by Gasteiger charge is -2.27. The first-order valence-electron chi connectivity index (χ1n) is 6.99. The lowest BCUT2D eigenvalue weighted by atomic mass is 10.0. The molecule has 0 radical (unpaired) electrons. The van der Waals surface area contributed by atoms with E-state index in [9.17, 15) is 0 Å². The van der Waals surface area contributed by atoms with Crippen molar-refractivity contribution in [3.63, 3.8) is 0 Å². The van der Waals surface area contributed by atoms with Crippen LogP contribution in [0.3, 0.4) is 0 Å². The van der Waals surface area contributed by atoms with Crippen LogP contribution < -0.4 is 4.90 Å². The standard InChI is InChI=1S/C15H19BrN2/c1-17-10-12-3-2-8-18(12)14-9-11(16)4-5-13(14)15(17)6-7-15/h4-5,9,12H,2-3,6-8,10H2,1H3. The fraction of sp³-hybridized carbons (Fsp3) is 0.600. The Morgan fingerprint density at radius 1 is 1.33 bits per heavy atom. The second-order valence-electron chi connectivity index (χ2n) is 6.06. The Bertz CT molecular complexity index is 495. The lowest BCUT2D eigenvalue weighted by Crippen LogP contribution is -2.38. The molecule has 1 unspecified atom stereocenters. The van der Waals surface area contributed by atoms with E-state index in [0.29, 0.717) is 5.54 Å². The first kappa shape index (κ1) is 11.3. The summed E-state index contributed by atoms with van der Waals surface area (Å²) in [5.41, 5.74) is 3.42. The average molecular weight is 307 g/mol. The summed E-state index contributed by atoms with van der Waals surface area (Å²) in [6.07, 6.45) is 5.36. The van der Waals surface area contributed by atoms with Gasteiger partial charge < -0.3 is 4.90 Å². The Hall–Kier alpha value is -0.540. The van der Waals surface area contributed by atoms with Crippen molar-refractivity contribution in [2.24, 2.45) is 0 Å². The Balaban J connectivity index is 1.91. The molecule has 1 saturated carbocycles. The maximum atomic E-state index is 3.65. The number of hydrogen-bond acceptors (Lipinski definition) is 2. The van der Waals surface area contributed by atoms with Gasteiger partial charge in [-0.25, -0.2) is 0 Å². The maximum Gasteiger partial charge on any atom is 0.0480 e. The Morgan fingerprint density at radius 3 is 2.94 bits per heavy atom. The van der Waals surface area contributed by atoms with Crippen molar-refractivity contribution < 1.29 is 0 Å². The Labute approximate surface area is 117 Å². The molecule has 1 spiro atoms. The van der Waals surface area contributed by atoms with Gasteiger partial charge >= 0.3 is 0 Å². The summed E-state index contributed by atoms with van der Waals surface area (Å²) in [5, 5.41) is 0. The van der Waals surface area contributed by atoms with E-state index in [4.69, 9.17) is 0 Å². The highest BCUT2D eigenvalue weighted by atomic mass is 79.9. The van der Waals surface area contributed by atoms with Crippen molar-refractivity contribution >= 4 is 21.6 Å². The van der Waals surface area contributed by atoms with Gasteiger partial charge in [0.15, 0.2) is 0 Å². The predicted octanol–water partition coefficient (Wildman–Crippen LogP) is 3.35. The summed E-state index contributed by atoms with van der Waals surface area (Å²) in [6.45, 7) is 2.46. The van der Waals surface area contributed by atoms with Crippen LogP contribution in [0.25, 0.3) is 0 Å². The zero-order valence-corrected chi connectivity index (χ0v) is 12.4. The van der Waals surface area contributed by atoms with Crippen molar-refractivity contribution in [1.29, 1.82) is 0 Å². The molecule has 2 aliphatic heterocycles. The highest BCUT2D eigenvalue weighted by molar-refractivity contribution is 9.10. The van der Waals surface area contributed by atoms with Crippen LogP contribution in [0.4, 0.5) is 5.69 Å². The van der Waals surface area contributed by atoms with Gasteiger partial charge in [-0.2, -0.15) is 0 Å². The fourth-order valence-electron chi connectivity index (χ4n) is 3.94. The Kier molecular flexibility index (Phi) is 2.34. The maximum absolute atomic E-state index is 3.65. The van der Waals surface area contributed by atoms with Crippen molar-refractivity contribution in [2.45, 2.75) is 37.3 Å². The van der Waals surface area contributed by atoms with E-state index in [-0.39, 0.29) is 0 Å². The topological polar surface area (TPSA) is 6.48 Å². The normalized spacial score (nSPS) is 29.0. The summed E-state index contributed by atoms with van der Waals surface area (Å²) >= 11 is 3.65. The number of halogens is 1. The molecular weight excluding hydrogens is 288 g/mol. The molecule has 1 aliphatic carbocycles. The molecule has 0 bridgehead atoms. The first-order valence-corrected chi connectivity index (χ1v) is 7.78. The number of nitrogens with zero attached hydrogens (tertiary/aromatic N) is 2. The highest BCUT2D eigenvalue weighted by Crippen LogP contribution is 2.55. The van der Waals surface area contributed by atoms with Gasteiger partial charge in [0.2, 0.25) is 0 Å². The molecule has 18 heavy (non-hydrogen) atoms. The van der Waals surface area contributed by atoms with E-state index in [1.165, 1.54) is 48.9 Å². The summed E-state index contributed by atoms with van der Waals surface area (Å²) in [6, 6.07) is 7.63. The van der Waals surface area contributed by atoms with Gasteiger partial charge in [-0.05, 0) is 50.4 Å². The van der Waals surface area contributed by atoms with E-state index in [1.54, 1.807) is 5.56 Å². The number of anilines is 1. The van der Waals surface area contributed by atoms with Gasteiger partial charge in [-0.3, -0.25) is 4.90 Å². The minimum absolute atomic E-state index is 0.361. The number of fused-ring (bicyclic) bond motifs is 4. The molecule has 0 N–H and O–H groups in total. The summed E-state index contributed by atoms with van der Waals surface area (Å²) < 4.78 is 1.22. The molecule has 1 aromatic rings. The predicted molar refractivity (Wildman–Crippen MR) is 78.1 cm³/mol. The lowest BCUT2D eigenvalue weighted by molar-refractivity contribution is 0.217. The van der Waals surface area contributed by atoms with Crippen LogP contribution in [0.5, 0.6) is 0 Å². The monoisotopic (exact) mass is 306 g/mol. The van der Waals surface area contributed by atoms with Crippen LogP contribution in [0.15, 0.2) is 22.7 Å². The highest BCUT2D eigenvalue weighted by Gasteiger charge is 2.52. The SMILES string of the molecule is CN1CC2CCCN2c2cc(Br)ccc2C12CC2. The molecular formula is C15H19BrN2. The minimum Gasteiger partial charge on any atom is -0.367 e. The van der Waals surface area contributed by atoms with E-state index in [0.717, 1.165) is 6.04 Å². The molecule has 1 saturated heterocycles. The average Bonchev–Trinajstić information content (AvgIpc) is 3.05. The molecule has 1 aromatic carbocycles. The van der Waals surface area contributed by atoms with Crippen molar-refractivity contribution in [3.8, 4) is 0 Å². The summed E-state index contributed by atoms with van der Waals surface area (Å²) in [5.74, 6) is 0. The van der Waals surface area contributed by atoms with Crippen molar-refractivity contribution in [1.82, 2.24) is 4.90 Å². The van der Waals surface area contributed by atoms with Crippen LogP contribution in [0.2, 0.25) is 0 Å². The van der Waals surface area contributed by atoms with E-state index in [2.05, 4.69) is 51.0 Å². The number of benzene rings is 1. The smallest absolute Gasteiger partial charge is 0.0480 e. The molecule has 0 aromatic heterocycles. The zero-order chi connectivity index (χ0) is 12.3. The summed E-state index contributed by atoms with van der Waals surface area (Å²) in [7, 11) is 2.32. The molecule has 2 fully saturated rings. The molecule has 2 nitrogen and oxygen atoms in total. The molecule has 96 valence electrons. The molecule has 3 aliphatic rings. The van der Waals surface area contributed by atoms with Gasteiger partial charge in [-0.1, -0.05) is 22.0 Å². The van der Waals surface area contributed by atoms with Gasteiger partial charge in [-0.15, -0.1) is 0 Å². The van der Waals surface area contributed by atoms with Crippen LogP contribution in [0, 0.1) is 0 Å². The van der Waals surface area contributed by atoms with Crippen molar-refractivity contribution in [3.05, 3.63) is 28.2 Å². The van der Waals surface area contributed by atoms with Crippen LogP contribution in [-0.4, -0.2) is 31.1 Å². The first-order chi connectivity index (χ1) is 8.71. The van der Waals surface area contributed by atoms with Crippen LogP contribution in [-0.2, 0) is 5.54 Å². The molecule has 4 rings (SSSR count). The minimum atomic E-state index is 0.361. The molecule has 3 heteroatoms. The molecule has 2 heterocycles. The van der Waals surface area contributed by atoms with E-state index in [1.807, 2.05) is 0 Å². The van der Waals surface area contributed by atoms with Crippen LogP contribution in [0.1, 0.15) is 31.2 Å². The van der Waals surface area contributed by atoms with Crippen molar-refractivity contribution in [2.75, 3.05) is 25.0 Å². The molecule has 0 amide bonds. The summed E-state index contributed by atoms with van der Waals surface area (Å²) in [4.78, 5) is 5.28. The Morgan fingerprint density at radius 2 is 2.17 bits per heavy atom.